The van der Waals surface area contributed by atoms with Gasteiger partial charge in [-0.1, -0.05) is 26.8 Å². The van der Waals surface area contributed by atoms with Crippen LogP contribution >= 0.6 is 0 Å². The van der Waals surface area contributed by atoms with Gasteiger partial charge in [0, 0.05) is 5.69 Å². The minimum absolute atomic E-state index is 0.185. The van der Waals surface area contributed by atoms with Crippen molar-refractivity contribution in [1.82, 2.24) is 0 Å². The summed E-state index contributed by atoms with van der Waals surface area (Å²) in [5.41, 5.74) is 10.8. The van der Waals surface area contributed by atoms with Crippen LogP contribution in [0.1, 0.15) is 37.5 Å². The monoisotopic (exact) mass is 177 g/mol. The van der Waals surface area contributed by atoms with Crippen LogP contribution in [0.4, 0.5) is 5.69 Å². The molecule has 1 aromatic rings. The van der Waals surface area contributed by atoms with Gasteiger partial charge in [0.25, 0.3) is 0 Å². The van der Waals surface area contributed by atoms with Crippen LogP contribution in [-0.4, -0.2) is 0 Å². The standard InChI is InChI=1S/C12H19N/c1-8-6-10(12(3,4)5)9(2)11(13)7-8/h6-7H,13H2,1-5H3. The van der Waals surface area contributed by atoms with Crippen LogP contribution in [0.15, 0.2) is 12.1 Å². The normalized spacial score (nSPS) is 11.8. The number of nitrogen functional groups attached to an aromatic ring is 1. The van der Waals surface area contributed by atoms with Gasteiger partial charge in [-0.25, -0.2) is 0 Å². The zero-order valence-corrected chi connectivity index (χ0v) is 9.23. The van der Waals surface area contributed by atoms with Crippen LogP contribution in [0.2, 0.25) is 0 Å². The van der Waals surface area contributed by atoms with Gasteiger partial charge in [-0.3, -0.25) is 0 Å². The predicted octanol–water partition coefficient (Wildman–Crippen LogP) is 3.18. The van der Waals surface area contributed by atoms with E-state index in [1.54, 1.807) is 0 Å². The van der Waals surface area contributed by atoms with E-state index in [1.165, 1.54) is 16.7 Å². The molecular weight excluding hydrogens is 158 g/mol. The van der Waals surface area contributed by atoms with Gasteiger partial charge in [0.05, 0.1) is 0 Å². The number of aryl methyl sites for hydroxylation is 1. The van der Waals surface area contributed by atoms with Crippen molar-refractivity contribution >= 4 is 5.69 Å². The Labute approximate surface area is 81.0 Å². The SMILES string of the molecule is Cc1cc(N)c(C)c(C(C)(C)C)c1. The summed E-state index contributed by atoms with van der Waals surface area (Å²) in [5.74, 6) is 0. The second-order valence-corrected chi connectivity index (χ2v) is 4.78. The summed E-state index contributed by atoms with van der Waals surface area (Å²) in [5, 5.41) is 0. The molecule has 0 atom stereocenters. The Kier molecular flexibility index (Phi) is 2.38. The van der Waals surface area contributed by atoms with Crippen LogP contribution in [0.25, 0.3) is 0 Å². The molecule has 0 aliphatic heterocycles. The maximum Gasteiger partial charge on any atom is 0.0349 e. The lowest BCUT2D eigenvalue weighted by Gasteiger charge is -2.23. The molecule has 1 rings (SSSR count). The van der Waals surface area contributed by atoms with Crippen molar-refractivity contribution in [3.63, 3.8) is 0 Å². The average molecular weight is 177 g/mol. The maximum atomic E-state index is 5.92. The van der Waals surface area contributed by atoms with Crippen LogP contribution in [0, 0.1) is 13.8 Å². The second kappa shape index (κ2) is 3.06. The molecule has 1 aromatic carbocycles. The molecule has 0 heterocycles. The van der Waals surface area contributed by atoms with Crippen molar-refractivity contribution in [2.45, 2.75) is 40.0 Å². The highest BCUT2D eigenvalue weighted by Gasteiger charge is 2.17. The molecule has 0 unspecified atom stereocenters. The largest absolute Gasteiger partial charge is 0.398 e. The highest BCUT2D eigenvalue weighted by atomic mass is 14.6. The first-order valence-corrected chi connectivity index (χ1v) is 4.69. The molecule has 0 amide bonds. The first kappa shape index (κ1) is 10.1. The topological polar surface area (TPSA) is 26.0 Å². The highest BCUT2D eigenvalue weighted by Crippen LogP contribution is 2.29. The number of hydrogen-bond acceptors (Lipinski definition) is 1. The molecule has 0 saturated heterocycles. The average Bonchev–Trinajstić information content (AvgIpc) is 1.94. The molecule has 2 N–H and O–H groups in total. The minimum atomic E-state index is 0.185. The van der Waals surface area contributed by atoms with E-state index in [4.69, 9.17) is 5.73 Å². The first-order valence-electron chi connectivity index (χ1n) is 4.69. The third kappa shape index (κ3) is 2.03. The van der Waals surface area contributed by atoms with E-state index in [9.17, 15) is 0 Å². The van der Waals surface area contributed by atoms with Gasteiger partial charge in [0.15, 0.2) is 0 Å². The van der Waals surface area contributed by atoms with E-state index in [0.29, 0.717) is 0 Å². The lowest BCUT2D eigenvalue weighted by atomic mass is 9.83. The molecule has 0 aromatic heterocycles. The van der Waals surface area contributed by atoms with Crippen LogP contribution in [0.5, 0.6) is 0 Å². The Morgan fingerprint density at radius 2 is 1.62 bits per heavy atom. The Morgan fingerprint density at radius 1 is 1.08 bits per heavy atom. The van der Waals surface area contributed by atoms with Gasteiger partial charge < -0.3 is 5.73 Å². The van der Waals surface area contributed by atoms with Gasteiger partial charge in [-0.2, -0.15) is 0 Å². The van der Waals surface area contributed by atoms with Crippen LogP contribution in [0.3, 0.4) is 0 Å². The Balaban J connectivity index is 3.37. The molecule has 1 nitrogen and oxygen atoms in total. The van der Waals surface area contributed by atoms with Crippen molar-refractivity contribution in [3.8, 4) is 0 Å². The quantitative estimate of drug-likeness (QED) is 0.605. The molecule has 0 fully saturated rings. The lowest BCUT2D eigenvalue weighted by Crippen LogP contribution is -2.14. The van der Waals surface area contributed by atoms with Gasteiger partial charge in [-0.15, -0.1) is 0 Å². The first-order chi connectivity index (χ1) is 5.82. The summed E-state index contributed by atoms with van der Waals surface area (Å²) in [7, 11) is 0. The zero-order chi connectivity index (χ0) is 10.2. The van der Waals surface area contributed by atoms with Crippen LogP contribution in [-0.2, 0) is 5.41 Å². The molecule has 0 radical (unpaired) electrons. The highest BCUT2D eigenvalue weighted by molar-refractivity contribution is 5.54. The van der Waals surface area contributed by atoms with Gasteiger partial charge >= 0.3 is 0 Å². The fraction of sp³-hybridized carbons (Fsp3) is 0.500. The zero-order valence-electron chi connectivity index (χ0n) is 9.23. The summed E-state index contributed by atoms with van der Waals surface area (Å²) in [6.45, 7) is 10.8. The Morgan fingerprint density at radius 3 is 2.08 bits per heavy atom. The Bertz CT molecular complexity index is 319. The predicted molar refractivity (Wildman–Crippen MR) is 59.0 cm³/mol. The molecule has 1 heteroatoms. The molecule has 72 valence electrons. The number of hydrogen-bond donors (Lipinski definition) is 1. The van der Waals surface area contributed by atoms with Crippen LogP contribution < -0.4 is 5.73 Å². The van der Waals surface area contributed by atoms with E-state index in [1.807, 2.05) is 6.07 Å². The third-order valence-electron chi connectivity index (χ3n) is 2.40. The second-order valence-electron chi connectivity index (χ2n) is 4.78. The summed E-state index contributed by atoms with van der Waals surface area (Å²) in [4.78, 5) is 0. The van der Waals surface area contributed by atoms with E-state index in [0.717, 1.165) is 5.69 Å². The molecule has 0 bridgehead atoms. The molecule has 0 aliphatic rings. The summed E-state index contributed by atoms with van der Waals surface area (Å²) in [6.07, 6.45) is 0. The lowest BCUT2D eigenvalue weighted by molar-refractivity contribution is 0.586. The number of anilines is 1. The maximum absolute atomic E-state index is 5.92. The smallest absolute Gasteiger partial charge is 0.0349 e. The summed E-state index contributed by atoms with van der Waals surface area (Å²) < 4.78 is 0. The van der Waals surface area contributed by atoms with Crippen molar-refractivity contribution in [3.05, 3.63) is 28.8 Å². The summed E-state index contributed by atoms with van der Waals surface area (Å²) in [6, 6.07) is 4.26. The molecule has 0 saturated carbocycles. The van der Waals surface area contributed by atoms with E-state index >= 15 is 0 Å². The molecule has 13 heavy (non-hydrogen) atoms. The minimum Gasteiger partial charge on any atom is -0.398 e. The molecule has 0 spiro atoms. The number of nitrogens with two attached hydrogens (primary N) is 1. The van der Waals surface area contributed by atoms with Crippen molar-refractivity contribution in [2.75, 3.05) is 5.73 Å². The fourth-order valence-electron chi connectivity index (χ4n) is 1.67. The van der Waals surface area contributed by atoms with Gasteiger partial charge in [-0.05, 0) is 42.0 Å². The van der Waals surface area contributed by atoms with Crippen molar-refractivity contribution < 1.29 is 0 Å². The van der Waals surface area contributed by atoms with E-state index in [2.05, 4.69) is 40.7 Å². The summed E-state index contributed by atoms with van der Waals surface area (Å²) >= 11 is 0. The third-order valence-corrected chi connectivity index (χ3v) is 2.40. The van der Waals surface area contributed by atoms with Gasteiger partial charge in [0.2, 0.25) is 0 Å². The van der Waals surface area contributed by atoms with Crippen molar-refractivity contribution in [1.29, 1.82) is 0 Å². The molecule has 0 aliphatic carbocycles. The van der Waals surface area contributed by atoms with E-state index < -0.39 is 0 Å². The number of benzene rings is 1. The van der Waals surface area contributed by atoms with E-state index in [-0.39, 0.29) is 5.41 Å². The Hall–Kier alpha value is -0.980. The molecular formula is C12H19N. The van der Waals surface area contributed by atoms with Crippen molar-refractivity contribution in [2.24, 2.45) is 0 Å². The number of rotatable bonds is 0. The van der Waals surface area contributed by atoms with Gasteiger partial charge in [0.1, 0.15) is 0 Å². The fourth-order valence-corrected chi connectivity index (χ4v) is 1.67.